The molecule has 0 fully saturated rings. The molecular weight excluding hydrogens is 246 g/mol. The molecule has 1 aromatic heterocycles. The van der Waals surface area contributed by atoms with E-state index in [1.165, 1.54) is 24.4 Å². The molecule has 1 aromatic carbocycles. The number of aromatic hydroxyl groups is 1. The van der Waals surface area contributed by atoms with Crippen molar-refractivity contribution < 1.29 is 14.7 Å². The minimum Gasteiger partial charge on any atom is -0.507 e. The van der Waals surface area contributed by atoms with E-state index in [9.17, 15) is 14.7 Å². The quantitative estimate of drug-likeness (QED) is 0.696. The first-order chi connectivity index (χ1) is 9.18. The van der Waals surface area contributed by atoms with Crippen molar-refractivity contribution in [2.24, 2.45) is 0 Å². The number of hydrazine groups is 1. The van der Waals surface area contributed by atoms with Gasteiger partial charge in [0.2, 0.25) is 0 Å². The summed E-state index contributed by atoms with van der Waals surface area (Å²) in [5.74, 6) is -1.31. The van der Waals surface area contributed by atoms with Gasteiger partial charge in [0.1, 0.15) is 11.4 Å². The highest BCUT2D eigenvalue weighted by Crippen LogP contribution is 2.14. The Kier molecular flexibility index (Phi) is 3.72. The lowest BCUT2D eigenvalue weighted by molar-refractivity contribution is 0.0842. The number of carbonyl (C=O) groups is 2. The molecule has 0 spiro atoms. The molecule has 19 heavy (non-hydrogen) atoms. The predicted molar refractivity (Wildman–Crippen MR) is 67.3 cm³/mol. The van der Waals surface area contributed by atoms with E-state index in [0.717, 1.165) is 0 Å². The zero-order chi connectivity index (χ0) is 13.7. The van der Waals surface area contributed by atoms with Crippen LogP contribution < -0.4 is 10.9 Å². The normalized spacial score (nSPS) is 9.68. The monoisotopic (exact) mass is 257 g/mol. The van der Waals surface area contributed by atoms with Crippen LogP contribution in [0.3, 0.4) is 0 Å². The third kappa shape index (κ3) is 3.06. The van der Waals surface area contributed by atoms with Gasteiger partial charge in [0.25, 0.3) is 11.8 Å². The highest BCUT2D eigenvalue weighted by molar-refractivity contribution is 5.99. The first kappa shape index (κ1) is 12.6. The lowest BCUT2D eigenvalue weighted by Crippen LogP contribution is -2.41. The number of nitrogens with zero attached hydrogens (tertiary/aromatic N) is 1. The summed E-state index contributed by atoms with van der Waals surface area (Å²) in [6, 6.07) is 10.9. The summed E-state index contributed by atoms with van der Waals surface area (Å²) < 4.78 is 0. The number of aromatic nitrogens is 1. The van der Waals surface area contributed by atoms with E-state index in [4.69, 9.17) is 0 Å². The lowest BCUT2D eigenvalue weighted by Gasteiger charge is -2.07. The highest BCUT2D eigenvalue weighted by atomic mass is 16.3. The Morgan fingerprint density at radius 1 is 0.947 bits per heavy atom. The van der Waals surface area contributed by atoms with Crippen LogP contribution in [0.25, 0.3) is 0 Å². The summed E-state index contributed by atoms with van der Waals surface area (Å²) in [5.41, 5.74) is 4.67. The number of carbonyl (C=O) groups excluding carboxylic acids is 2. The topological polar surface area (TPSA) is 91.3 Å². The maximum Gasteiger partial charge on any atom is 0.288 e. The lowest BCUT2D eigenvalue weighted by atomic mass is 10.2. The van der Waals surface area contributed by atoms with Crippen molar-refractivity contribution in [2.75, 3.05) is 0 Å². The van der Waals surface area contributed by atoms with Gasteiger partial charge in [-0.1, -0.05) is 18.2 Å². The average molecular weight is 257 g/mol. The molecule has 1 heterocycles. The fourth-order valence-electron chi connectivity index (χ4n) is 1.41. The first-order valence-corrected chi connectivity index (χ1v) is 5.48. The molecule has 0 bridgehead atoms. The van der Waals surface area contributed by atoms with Crippen molar-refractivity contribution in [1.82, 2.24) is 15.8 Å². The first-order valence-electron chi connectivity index (χ1n) is 5.48. The molecule has 2 amide bonds. The standard InChI is InChI=1S/C13H11N3O3/c17-11-7-2-1-5-9(11)12(18)15-16-13(19)10-6-3-4-8-14-10/h1-8,17H,(H,15,18)(H,16,19). The molecule has 2 rings (SSSR count). The number of para-hydroxylation sites is 1. The average Bonchev–Trinajstić information content (AvgIpc) is 2.46. The third-order valence-corrected chi connectivity index (χ3v) is 2.34. The Labute approximate surface area is 109 Å². The van der Waals surface area contributed by atoms with Gasteiger partial charge in [-0.25, -0.2) is 0 Å². The Morgan fingerprint density at radius 3 is 2.32 bits per heavy atom. The molecule has 0 aliphatic rings. The van der Waals surface area contributed by atoms with Crippen LogP contribution in [0, 0.1) is 0 Å². The SMILES string of the molecule is O=C(NNC(=O)c1ccccc1O)c1ccccn1. The number of hydrogen-bond donors (Lipinski definition) is 3. The maximum absolute atomic E-state index is 11.7. The Balaban J connectivity index is 1.98. The molecule has 3 N–H and O–H groups in total. The molecule has 6 heteroatoms. The second-order valence-electron chi connectivity index (χ2n) is 3.64. The van der Waals surface area contributed by atoms with Crippen molar-refractivity contribution in [2.45, 2.75) is 0 Å². The summed E-state index contributed by atoms with van der Waals surface area (Å²) in [5, 5.41) is 9.48. The van der Waals surface area contributed by atoms with Gasteiger partial charge in [-0.2, -0.15) is 0 Å². The van der Waals surface area contributed by atoms with E-state index in [1.54, 1.807) is 24.3 Å². The van der Waals surface area contributed by atoms with Gasteiger partial charge in [-0.15, -0.1) is 0 Å². The van der Waals surface area contributed by atoms with Crippen LogP contribution >= 0.6 is 0 Å². The van der Waals surface area contributed by atoms with Gasteiger partial charge in [-0.05, 0) is 24.3 Å². The second-order valence-corrected chi connectivity index (χ2v) is 3.64. The van der Waals surface area contributed by atoms with Crippen LogP contribution in [0.4, 0.5) is 0 Å². The number of benzene rings is 1. The molecule has 0 aliphatic carbocycles. The Hall–Kier alpha value is -2.89. The molecule has 2 aromatic rings. The van der Waals surface area contributed by atoms with Crippen LogP contribution in [-0.2, 0) is 0 Å². The number of hydrogen-bond acceptors (Lipinski definition) is 4. The maximum atomic E-state index is 11.7. The molecular formula is C13H11N3O3. The fourth-order valence-corrected chi connectivity index (χ4v) is 1.41. The highest BCUT2D eigenvalue weighted by Gasteiger charge is 2.12. The van der Waals surface area contributed by atoms with Gasteiger partial charge in [0, 0.05) is 6.20 Å². The largest absolute Gasteiger partial charge is 0.507 e. The zero-order valence-corrected chi connectivity index (χ0v) is 9.83. The van der Waals surface area contributed by atoms with Gasteiger partial charge in [0.15, 0.2) is 0 Å². The smallest absolute Gasteiger partial charge is 0.288 e. The zero-order valence-electron chi connectivity index (χ0n) is 9.83. The summed E-state index contributed by atoms with van der Waals surface area (Å²) >= 11 is 0. The molecule has 6 nitrogen and oxygen atoms in total. The summed E-state index contributed by atoms with van der Waals surface area (Å²) in [6.07, 6.45) is 1.47. The van der Waals surface area contributed by atoms with Gasteiger partial charge >= 0.3 is 0 Å². The number of amides is 2. The van der Waals surface area contributed by atoms with E-state index in [-0.39, 0.29) is 17.0 Å². The minimum absolute atomic E-state index is 0.0730. The van der Waals surface area contributed by atoms with Crippen LogP contribution in [0.1, 0.15) is 20.8 Å². The van der Waals surface area contributed by atoms with Crippen molar-refractivity contribution in [3.05, 3.63) is 59.9 Å². The van der Waals surface area contributed by atoms with Gasteiger partial charge in [0.05, 0.1) is 5.56 Å². The Morgan fingerprint density at radius 2 is 1.63 bits per heavy atom. The molecule has 0 radical (unpaired) electrons. The summed E-state index contributed by atoms with van der Waals surface area (Å²) in [6.45, 7) is 0. The third-order valence-electron chi connectivity index (χ3n) is 2.34. The fraction of sp³-hybridized carbons (Fsp3) is 0. The van der Waals surface area contributed by atoms with Crippen molar-refractivity contribution in [3.63, 3.8) is 0 Å². The van der Waals surface area contributed by atoms with Crippen LogP contribution in [0.2, 0.25) is 0 Å². The van der Waals surface area contributed by atoms with Gasteiger partial charge in [-0.3, -0.25) is 25.4 Å². The molecule has 96 valence electrons. The second kappa shape index (κ2) is 5.63. The molecule has 0 unspecified atom stereocenters. The Bertz CT molecular complexity index is 599. The molecule has 0 saturated carbocycles. The van der Waals surface area contributed by atoms with Crippen molar-refractivity contribution in [3.8, 4) is 5.75 Å². The van der Waals surface area contributed by atoms with Crippen molar-refractivity contribution in [1.29, 1.82) is 0 Å². The van der Waals surface area contributed by atoms with E-state index in [2.05, 4.69) is 15.8 Å². The molecule has 0 atom stereocenters. The van der Waals surface area contributed by atoms with E-state index >= 15 is 0 Å². The predicted octanol–water partition coefficient (Wildman–Crippen LogP) is 0.862. The number of phenols is 1. The van der Waals surface area contributed by atoms with Crippen LogP contribution in [0.15, 0.2) is 48.7 Å². The van der Waals surface area contributed by atoms with Crippen LogP contribution in [0.5, 0.6) is 5.75 Å². The molecule has 0 saturated heterocycles. The number of nitrogens with one attached hydrogen (secondary N) is 2. The van der Waals surface area contributed by atoms with Crippen molar-refractivity contribution >= 4 is 11.8 Å². The summed E-state index contributed by atoms with van der Waals surface area (Å²) in [4.78, 5) is 27.1. The number of phenolic OH excluding ortho intramolecular Hbond substituents is 1. The van der Waals surface area contributed by atoms with E-state index in [0.29, 0.717) is 0 Å². The van der Waals surface area contributed by atoms with E-state index < -0.39 is 11.8 Å². The van der Waals surface area contributed by atoms with E-state index in [1.807, 2.05) is 0 Å². The number of rotatable bonds is 2. The number of pyridine rings is 1. The van der Waals surface area contributed by atoms with Gasteiger partial charge < -0.3 is 5.11 Å². The summed E-state index contributed by atoms with van der Waals surface area (Å²) in [7, 11) is 0. The molecule has 0 aliphatic heterocycles. The van der Waals surface area contributed by atoms with Crippen LogP contribution in [-0.4, -0.2) is 21.9 Å². The minimum atomic E-state index is -0.609.